The average Bonchev–Trinajstić information content (AvgIpc) is 3.30. The summed E-state index contributed by atoms with van der Waals surface area (Å²) in [4.78, 5) is 32.0. The molecule has 0 bridgehead atoms. The quantitative estimate of drug-likeness (QED) is 0.761. The number of fused-ring (bicyclic) bond motifs is 3. The minimum atomic E-state index is 0.0404. The number of H-pyrrole nitrogens is 1. The van der Waals surface area contributed by atoms with Crippen molar-refractivity contribution in [1.82, 2.24) is 9.88 Å². The number of rotatable bonds is 2. The molecule has 2 aliphatic rings. The molecule has 27 heavy (non-hydrogen) atoms. The minimum absolute atomic E-state index is 0.0404. The molecule has 2 aliphatic heterocycles. The predicted octanol–water partition coefficient (Wildman–Crippen LogP) is 3.49. The summed E-state index contributed by atoms with van der Waals surface area (Å²) >= 11 is 0. The second-order valence-corrected chi connectivity index (χ2v) is 7.30. The molecule has 0 atom stereocenters. The standard InChI is InChI=1S/C22H21N3O2/c26-21-6-3-12-25(21)16-9-7-15(8-10-16)22(27)24-13-11-18-17-4-1-2-5-19(17)23-20(18)14-24/h1-2,4-5,7-10,23H,3,6,11-14H2. The zero-order valence-corrected chi connectivity index (χ0v) is 15.1. The van der Waals surface area contributed by atoms with Gasteiger partial charge in [0.25, 0.3) is 5.91 Å². The van der Waals surface area contributed by atoms with Crippen LogP contribution in [0.4, 0.5) is 5.69 Å². The second-order valence-electron chi connectivity index (χ2n) is 7.30. The number of hydrogen-bond donors (Lipinski definition) is 1. The zero-order valence-electron chi connectivity index (χ0n) is 15.1. The normalized spacial score (nSPS) is 16.8. The molecule has 5 nitrogen and oxygen atoms in total. The summed E-state index contributed by atoms with van der Waals surface area (Å²) in [5.74, 6) is 0.204. The van der Waals surface area contributed by atoms with Crippen molar-refractivity contribution in [3.8, 4) is 0 Å². The van der Waals surface area contributed by atoms with E-state index < -0.39 is 0 Å². The summed E-state index contributed by atoms with van der Waals surface area (Å²) in [6.07, 6.45) is 2.38. The molecule has 2 aromatic carbocycles. The second kappa shape index (κ2) is 6.27. The largest absolute Gasteiger partial charge is 0.357 e. The van der Waals surface area contributed by atoms with Gasteiger partial charge < -0.3 is 14.8 Å². The van der Waals surface area contributed by atoms with E-state index in [1.165, 1.54) is 10.9 Å². The third-order valence-corrected chi connectivity index (χ3v) is 5.67. The molecule has 3 aromatic rings. The smallest absolute Gasteiger partial charge is 0.254 e. The molecule has 1 fully saturated rings. The van der Waals surface area contributed by atoms with Gasteiger partial charge in [-0.05, 0) is 48.7 Å². The number of carbonyl (C=O) groups is 2. The summed E-state index contributed by atoms with van der Waals surface area (Å²) < 4.78 is 0. The molecule has 0 radical (unpaired) electrons. The first-order valence-electron chi connectivity index (χ1n) is 9.49. The number of nitrogens with zero attached hydrogens (tertiary/aromatic N) is 2. The lowest BCUT2D eigenvalue weighted by atomic mass is 10.0. The first-order chi connectivity index (χ1) is 13.2. The Bertz CT molecular complexity index is 1040. The van der Waals surface area contributed by atoms with Gasteiger partial charge in [-0.15, -0.1) is 0 Å². The number of para-hydroxylation sites is 1. The van der Waals surface area contributed by atoms with Gasteiger partial charge in [0.05, 0.1) is 6.54 Å². The number of nitrogens with one attached hydrogen (secondary N) is 1. The molecule has 5 rings (SSSR count). The molecule has 3 heterocycles. The first kappa shape index (κ1) is 16.1. The van der Waals surface area contributed by atoms with E-state index in [0.717, 1.165) is 42.8 Å². The number of benzene rings is 2. The Labute approximate surface area is 157 Å². The van der Waals surface area contributed by atoms with Crippen molar-refractivity contribution in [2.45, 2.75) is 25.8 Å². The van der Waals surface area contributed by atoms with Gasteiger partial charge in [0.1, 0.15) is 0 Å². The highest BCUT2D eigenvalue weighted by atomic mass is 16.2. The van der Waals surface area contributed by atoms with Crippen LogP contribution in [0, 0.1) is 0 Å². The van der Waals surface area contributed by atoms with Crippen molar-refractivity contribution in [3.63, 3.8) is 0 Å². The third kappa shape index (κ3) is 2.70. The Balaban J connectivity index is 1.36. The van der Waals surface area contributed by atoms with Crippen LogP contribution in [0.25, 0.3) is 10.9 Å². The van der Waals surface area contributed by atoms with Gasteiger partial charge in [0.2, 0.25) is 5.91 Å². The van der Waals surface area contributed by atoms with Gasteiger partial charge in [-0.3, -0.25) is 9.59 Å². The topological polar surface area (TPSA) is 56.4 Å². The summed E-state index contributed by atoms with van der Waals surface area (Å²) in [5, 5.41) is 1.26. The van der Waals surface area contributed by atoms with E-state index >= 15 is 0 Å². The van der Waals surface area contributed by atoms with Gasteiger partial charge in [-0.2, -0.15) is 0 Å². The number of carbonyl (C=O) groups excluding carboxylic acids is 2. The van der Waals surface area contributed by atoms with Crippen LogP contribution in [-0.4, -0.2) is 34.8 Å². The average molecular weight is 359 g/mol. The van der Waals surface area contributed by atoms with Crippen LogP contribution >= 0.6 is 0 Å². The van der Waals surface area contributed by atoms with Gasteiger partial charge in [0.15, 0.2) is 0 Å². The fourth-order valence-electron chi connectivity index (χ4n) is 4.25. The lowest BCUT2D eigenvalue weighted by Crippen LogP contribution is -2.35. The molecule has 2 amide bonds. The summed E-state index contributed by atoms with van der Waals surface area (Å²) in [6, 6.07) is 15.7. The third-order valence-electron chi connectivity index (χ3n) is 5.67. The molecular formula is C22H21N3O2. The molecular weight excluding hydrogens is 338 g/mol. The van der Waals surface area contributed by atoms with Crippen LogP contribution in [0.3, 0.4) is 0 Å². The lowest BCUT2D eigenvalue weighted by Gasteiger charge is -2.27. The van der Waals surface area contributed by atoms with Crippen molar-refractivity contribution in [3.05, 3.63) is 65.4 Å². The lowest BCUT2D eigenvalue weighted by molar-refractivity contribution is -0.117. The van der Waals surface area contributed by atoms with E-state index in [0.29, 0.717) is 18.5 Å². The van der Waals surface area contributed by atoms with E-state index in [1.807, 2.05) is 35.2 Å². The van der Waals surface area contributed by atoms with E-state index in [1.54, 1.807) is 4.90 Å². The highest BCUT2D eigenvalue weighted by Crippen LogP contribution is 2.28. The van der Waals surface area contributed by atoms with Crippen molar-refractivity contribution < 1.29 is 9.59 Å². The fourth-order valence-corrected chi connectivity index (χ4v) is 4.25. The molecule has 0 saturated carbocycles. The Kier molecular flexibility index (Phi) is 3.74. The monoisotopic (exact) mass is 359 g/mol. The van der Waals surface area contributed by atoms with Crippen LogP contribution in [0.1, 0.15) is 34.5 Å². The Morgan fingerprint density at radius 3 is 2.56 bits per heavy atom. The molecule has 136 valence electrons. The number of hydrogen-bond acceptors (Lipinski definition) is 2. The van der Waals surface area contributed by atoms with Gasteiger partial charge in [0, 0.05) is 47.4 Å². The number of aromatic nitrogens is 1. The van der Waals surface area contributed by atoms with E-state index in [9.17, 15) is 9.59 Å². The fraction of sp³-hybridized carbons (Fsp3) is 0.273. The number of aromatic amines is 1. The molecule has 0 spiro atoms. The summed E-state index contributed by atoms with van der Waals surface area (Å²) in [5.41, 5.74) is 5.15. The zero-order chi connectivity index (χ0) is 18.4. The Morgan fingerprint density at radius 2 is 1.78 bits per heavy atom. The van der Waals surface area contributed by atoms with E-state index in [2.05, 4.69) is 23.2 Å². The van der Waals surface area contributed by atoms with Crippen LogP contribution in [0.2, 0.25) is 0 Å². The Morgan fingerprint density at radius 1 is 0.963 bits per heavy atom. The van der Waals surface area contributed by atoms with Crippen LogP contribution in [0.15, 0.2) is 48.5 Å². The minimum Gasteiger partial charge on any atom is -0.357 e. The molecule has 1 saturated heterocycles. The van der Waals surface area contributed by atoms with Crippen molar-refractivity contribution in [1.29, 1.82) is 0 Å². The molecule has 0 unspecified atom stereocenters. The maximum Gasteiger partial charge on any atom is 0.254 e. The summed E-state index contributed by atoms with van der Waals surface area (Å²) in [6.45, 7) is 2.09. The molecule has 5 heteroatoms. The highest BCUT2D eigenvalue weighted by molar-refractivity contribution is 5.98. The Hall–Kier alpha value is -3.08. The maximum absolute atomic E-state index is 13.0. The maximum atomic E-state index is 13.0. The van der Waals surface area contributed by atoms with Crippen LogP contribution in [0.5, 0.6) is 0 Å². The molecule has 1 N–H and O–H groups in total. The van der Waals surface area contributed by atoms with E-state index in [4.69, 9.17) is 0 Å². The van der Waals surface area contributed by atoms with Crippen LogP contribution < -0.4 is 4.90 Å². The number of anilines is 1. The van der Waals surface area contributed by atoms with Gasteiger partial charge in [-0.1, -0.05) is 18.2 Å². The predicted molar refractivity (Wildman–Crippen MR) is 105 cm³/mol. The number of amides is 2. The summed E-state index contributed by atoms with van der Waals surface area (Å²) in [7, 11) is 0. The highest BCUT2D eigenvalue weighted by Gasteiger charge is 2.25. The van der Waals surface area contributed by atoms with Crippen LogP contribution in [-0.2, 0) is 17.8 Å². The molecule has 1 aromatic heterocycles. The molecule has 0 aliphatic carbocycles. The van der Waals surface area contributed by atoms with Gasteiger partial charge >= 0.3 is 0 Å². The van der Waals surface area contributed by atoms with E-state index in [-0.39, 0.29) is 11.8 Å². The van der Waals surface area contributed by atoms with Gasteiger partial charge in [-0.25, -0.2) is 0 Å². The van der Waals surface area contributed by atoms with Crippen molar-refractivity contribution in [2.75, 3.05) is 18.0 Å². The van der Waals surface area contributed by atoms with Crippen molar-refractivity contribution >= 4 is 28.4 Å². The van der Waals surface area contributed by atoms with Crippen molar-refractivity contribution in [2.24, 2.45) is 0 Å². The SMILES string of the molecule is O=C(c1ccc(N2CCCC2=O)cc1)N1CCc2c([nH]c3ccccc23)C1. The first-order valence-corrected chi connectivity index (χ1v) is 9.49.